The molecule has 23 heavy (non-hydrogen) atoms. The first-order chi connectivity index (χ1) is 11.2. The van der Waals surface area contributed by atoms with E-state index in [4.69, 9.17) is 5.11 Å². The number of carbonyl (C=O) groups excluding carboxylic acids is 1. The van der Waals surface area contributed by atoms with Crippen LogP contribution in [0.5, 0.6) is 0 Å². The molecule has 0 aliphatic heterocycles. The molecule has 0 saturated heterocycles. The molecule has 5 nitrogen and oxygen atoms in total. The Balaban J connectivity index is 1.69. The molecule has 1 aliphatic rings. The zero-order valence-corrected chi connectivity index (χ0v) is 12.7. The highest BCUT2D eigenvalue weighted by Crippen LogP contribution is 2.34. The largest absolute Gasteiger partial charge is 0.396 e. The van der Waals surface area contributed by atoms with Crippen molar-refractivity contribution < 1.29 is 14.3 Å². The van der Waals surface area contributed by atoms with E-state index in [-0.39, 0.29) is 18.3 Å². The molecule has 0 bridgehead atoms. The van der Waals surface area contributed by atoms with Crippen LogP contribution in [0.3, 0.4) is 0 Å². The van der Waals surface area contributed by atoms with Gasteiger partial charge in [-0.3, -0.25) is 0 Å². The van der Waals surface area contributed by atoms with Crippen molar-refractivity contribution in [2.24, 2.45) is 5.92 Å². The number of nitrogens with one attached hydrogen (secondary N) is 2. The molecule has 1 unspecified atom stereocenters. The minimum absolute atomic E-state index is 0.0267. The molecule has 0 radical (unpaired) electrons. The van der Waals surface area contributed by atoms with E-state index >= 15 is 0 Å². The molecule has 122 valence electrons. The summed E-state index contributed by atoms with van der Waals surface area (Å²) in [7, 11) is 0. The van der Waals surface area contributed by atoms with E-state index in [1.807, 2.05) is 29.1 Å². The lowest BCUT2D eigenvalue weighted by molar-refractivity contribution is 0.234. The average molecular weight is 317 g/mol. The number of aliphatic hydroxyl groups excluding tert-OH is 1. The molecule has 1 aliphatic carbocycles. The number of benzene rings is 1. The lowest BCUT2D eigenvalue weighted by atomic mass is 10.1. The zero-order chi connectivity index (χ0) is 16.2. The van der Waals surface area contributed by atoms with E-state index < -0.39 is 11.8 Å². The van der Waals surface area contributed by atoms with Crippen molar-refractivity contribution in [2.75, 3.05) is 11.9 Å². The lowest BCUT2D eigenvalue weighted by Crippen LogP contribution is -2.40. The lowest BCUT2D eigenvalue weighted by Gasteiger charge is -2.18. The Hall–Kier alpha value is -2.34. The molecule has 1 atom stereocenters. The van der Waals surface area contributed by atoms with Crippen LogP contribution in [-0.4, -0.2) is 28.4 Å². The van der Waals surface area contributed by atoms with Crippen LogP contribution in [0.4, 0.5) is 14.9 Å². The molecule has 1 aromatic carbocycles. The minimum atomic E-state index is -0.485. The van der Waals surface area contributed by atoms with Crippen molar-refractivity contribution in [3.05, 3.63) is 48.5 Å². The summed E-state index contributed by atoms with van der Waals surface area (Å²) in [4.78, 5) is 12.1. The van der Waals surface area contributed by atoms with Crippen molar-refractivity contribution in [1.82, 2.24) is 9.88 Å². The van der Waals surface area contributed by atoms with Gasteiger partial charge in [0.05, 0.1) is 5.69 Å². The summed E-state index contributed by atoms with van der Waals surface area (Å²) in [5, 5.41) is 14.5. The van der Waals surface area contributed by atoms with Gasteiger partial charge in [0, 0.05) is 30.7 Å². The van der Waals surface area contributed by atoms with Crippen LogP contribution in [-0.2, 0) is 0 Å². The van der Waals surface area contributed by atoms with Gasteiger partial charge in [-0.1, -0.05) is 0 Å². The van der Waals surface area contributed by atoms with Gasteiger partial charge in [0.25, 0.3) is 0 Å². The number of urea groups is 1. The quantitative estimate of drug-likeness (QED) is 0.767. The molecule has 6 heteroatoms. The van der Waals surface area contributed by atoms with Crippen molar-refractivity contribution in [1.29, 1.82) is 0 Å². The van der Waals surface area contributed by atoms with Gasteiger partial charge in [0.2, 0.25) is 0 Å². The van der Waals surface area contributed by atoms with Gasteiger partial charge in [0.15, 0.2) is 0 Å². The summed E-state index contributed by atoms with van der Waals surface area (Å²) in [6, 6.07) is 7.81. The predicted molar refractivity (Wildman–Crippen MR) is 86.1 cm³/mol. The number of carbonyl (C=O) groups is 1. The van der Waals surface area contributed by atoms with Crippen LogP contribution >= 0.6 is 0 Å². The van der Waals surface area contributed by atoms with E-state index in [0.29, 0.717) is 12.3 Å². The Labute approximate surface area is 134 Å². The Morgan fingerprint density at radius 1 is 1.35 bits per heavy atom. The summed E-state index contributed by atoms with van der Waals surface area (Å²) in [5.74, 6) is -0.0647. The maximum Gasteiger partial charge on any atom is 0.319 e. The van der Waals surface area contributed by atoms with Crippen molar-refractivity contribution in [3.63, 3.8) is 0 Å². The van der Waals surface area contributed by atoms with Crippen LogP contribution in [0.2, 0.25) is 0 Å². The molecule has 0 spiro atoms. The van der Waals surface area contributed by atoms with Crippen LogP contribution in [0.25, 0.3) is 5.69 Å². The molecule has 3 N–H and O–H groups in total. The highest BCUT2D eigenvalue weighted by molar-refractivity contribution is 5.90. The number of hydrogen-bond acceptors (Lipinski definition) is 2. The number of anilines is 1. The predicted octanol–water partition coefficient (Wildman–Crippen LogP) is 2.90. The molecule has 2 aromatic rings. The monoisotopic (exact) mass is 317 g/mol. The normalized spacial score (nSPS) is 15.2. The molecular formula is C17H20FN3O2. The van der Waals surface area contributed by atoms with E-state index in [1.165, 1.54) is 6.07 Å². The van der Waals surface area contributed by atoms with Gasteiger partial charge >= 0.3 is 6.03 Å². The fourth-order valence-corrected chi connectivity index (χ4v) is 2.67. The molecule has 1 fully saturated rings. The minimum Gasteiger partial charge on any atom is -0.396 e. The fraction of sp³-hybridized carbons (Fsp3) is 0.353. The number of nitrogens with zero attached hydrogens (tertiary/aromatic N) is 1. The molecule has 1 saturated carbocycles. The van der Waals surface area contributed by atoms with Crippen molar-refractivity contribution in [3.8, 4) is 5.69 Å². The second-order valence-corrected chi connectivity index (χ2v) is 5.81. The van der Waals surface area contributed by atoms with E-state index in [9.17, 15) is 9.18 Å². The summed E-state index contributed by atoms with van der Waals surface area (Å²) in [5.41, 5.74) is 0.896. The van der Waals surface area contributed by atoms with Gasteiger partial charge < -0.3 is 20.3 Å². The van der Waals surface area contributed by atoms with Crippen molar-refractivity contribution in [2.45, 2.75) is 25.3 Å². The third kappa shape index (κ3) is 3.90. The molecule has 1 heterocycles. The summed E-state index contributed by atoms with van der Waals surface area (Å²) in [6.07, 6.45) is 6.33. The third-order valence-corrected chi connectivity index (χ3v) is 4.05. The first-order valence-corrected chi connectivity index (χ1v) is 7.78. The SMILES string of the molecule is O=C(Nc1cc(-n2cccc2)ccc1F)NC(CCO)C1CC1. The smallest absolute Gasteiger partial charge is 0.319 e. The number of hydrogen-bond donors (Lipinski definition) is 3. The number of aromatic nitrogens is 1. The summed E-state index contributed by atoms with van der Waals surface area (Å²) >= 11 is 0. The highest BCUT2D eigenvalue weighted by Gasteiger charge is 2.31. The third-order valence-electron chi connectivity index (χ3n) is 4.05. The van der Waals surface area contributed by atoms with Crippen LogP contribution in [0.1, 0.15) is 19.3 Å². The van der Waals surface area contributed by atoms with Crippen LogP contribution in [0.15, 0.2) is 42.7 Å². The van der Waals surface area contributed by atoms with Crippen LogP contribution < -0.4 is 10.6 Å². The number of amides is 2. The Bertz CT molecular complexity index is 668. The summed E-state index contributed by atoms with van der Waals surface area (Å²) < 4.78 is 15.8. The first-order valence-electron chi connectivity index (χ1n) is 7.78. The Morgan fingerprint density at radius 3 is 2.74 bits per heavy atom. The topological polar surface area (TPSA) is 66.3 Å². The van der Waals surface area contributed by atoms with Crippen molar-refractivity contribution >= 4 is 11.7 Å². The molecule has 3 rings (SSSR count). The van der Waals surface area contributed by atoms with Crippen LogP contribution in [0, 0.1) is 11.7 Å². The second kappa shape index (κ2) is 6.83. The fourth-order valence-electron chi connectivity index (χ4n) is 2.67. The van der Waals surface area contributed by atoms with Gasteiger partial charge in [-0.15, -0.1) is 0 Å². The van der Waals surface area contributed by atoms with Gasteiger partial charge in [-0.2, -0.15) is 0 Å². The highest BCUT2D eigenvalue weighted by atomic mass is 19.1. The molecule has 1 aromatic heterocycles. The maximum atomic E-state index is 13.9. The standard InChI is InChI=1S/C17H20FN3O2/c18-14-6-5-13(21-8-1-2-9-21)11-16(14)20-17(23)19-15(7-10-22)12-3-4-12/h1-2,5-6,8-9,11-12,15,22H,3-4,7,10H2,(H2,19,20,23). The maximum absolute atomic E-state index is 13.9. The Kier molecular flexibility index (Phi) is 4.62. The van der Waals surface area contributed by atoms with Gasteiger partial charge in [0.1, 0.15) is 5.82 Å². The van der Waals surface area contributed by atoms with Gasteiger partial charge in [-0.25, -0.2) is 9.18 Å². The Morgan fingerprint density at radius 2 is 2.09 bits per heavy atom. The van der Waals surface area contributed by atoms with E-state index in [1.54, 1.807) is 12.1 Å². The second-order valence-electron chi connectivity index (χ2n) is 5.81. The summed E-state index contributed by atoms with van der Waals surface area (Å²) in [6.45, 7) is 0.0267. The number of rotatable bonds is 6. The van der Waals surface area contributed by atoms with E-state index in [0.717, 1.165) is 18.5 Å². The molecular weight excluding hydrogens is 297 g/mol. The average Bonchev–Trinajstić information content (AvgIpc) is 3.24. The number of aliphatic hydroxyl groups is 1. The first kappa shape index (κ1) is 15.6. The van der Waals surface area contributed by atoms with E-state index in [2.05, 4.69) is 10.6 Å². The number of halogens is 1. The zero-order valence-electron chi connectivity index (χ0n) is 12.7. The molecule has 2 amide bonds. The van der Waals surface area contributed by atoms with Gasteiger partial charge in [-0.05, 0) is 55.5 Å².